The molecule has 0 amide bonds. The number of nitrogens with zero attached hydrogens (tertiary/aromatic N) is 2. The summed E-state index contributed by atoms with van der Waals surface area (Å²) in [6.07, 6.45) is 0.138. The summed E-state index contributed by atoms with van der Waals surface area (Å²) < 4.78 is 32.1. The van der Waals surface area contributed by atoms with E-state index in [1.165, 1.54) is 0 Å². The molecule has 1 unspecified atom stereocenters. The van der Waals surface area contributed by atoms with Gasteiger partial charge in [0.05, 0.1) is 41.0 Å². The van der Waals surface area contributed by atoms with E-state index in [4.69, 9.17) is 20.4 Å². The lowest BCUT2D eigenvalue weighted by molar-refractivity contribution is -0.939. The van der Waals surface area contributed by atoms with Crippen molar-refractivity contribution in [3.05, 3.63) is 0 Å². The second-order valence-corrected chi connectivity index (χ2v) is 8.35. The van der Waals surface area contributed by atoms with E-state index in [9.17, 15) is 17.8 Å². The van der Waals surface area contributed by atoms with Crippen molar-refractivity contribution in [3.8, 4) is 0 Å². The second-order valence-electron chi connectivity index (χ2n) is 6.78. The zero-order valence-electron chi connectivity index (χ0n) is 15.5. The number of carbonyl (C=O) groups is 1. The minimum Gasteiger partial charge on any atom is -0.477 e. The fourth-order valence-electron chi connectivity index (χ4n) is 2.65. The van der Waals surface area contributed by atoms with E-state index < -0.39 is 21.5 Å². The Morgan fingerprint density at radius 3 is 1.44 bits per heavy atom. The summed E-state index contributed by atoms with van der Waals surface area (Å²) in [6.45, 7) is 1.08. The summed E-state index contributed by atoms with van der Waals surface area (Å²) in [7, 11) is 1.22. The van der Waals surface area contributed by atoms with Crippen LogP contribution in [0.25, 0.3) is 0 Å². The lowest BCUT2D eigenvalue weighted by Gasteiger charge is -2.41. The van der Waals surface area contributed by atoms with Crippen LogP contribution in [0.1, 0.15) is 13.3 Å². The molecule has 11 heteroatoms. The van der Waals surface area contributed by atoms with Crippen LogP contribution in [0, 0.1) is 0 Å². The molecule has 0 aromatic rings. The molecule has 0 heterocycles. The van der Waals surface area contributed by atoms with Gasteiger partial charge in [0.15, 0.2) is 6.54 Å². The van der Waals surface area contributed by atoms with Crippen LogP contribution >= 0.6 is 0 Å². The van der Waals surface area contributed by atoms with Gasteiger partial charge < -0.3 is 29.4 Å². The molecule has 0 aromatic heterocycles. The Morgan fingerprint density at radius 2 is 1.32 bits per heavy atom. The van der Waals surface area contributed by atoms with Crippen molar-refractivity contribution in [1.82, 2.24) is 0 Å². The quantitative estimate of drug-likeness (QED) is 0.204. The number of aliphatic hydroxyl groups excluding tert-OH is 3. The molecule has 0 aromatic carbocycles. The van der Waals surface area contributed by atoms with Crippen molar-refractivity contribution < 1.29 is 47.2 Å². The third kappa shape index (κ3) is 11.4. The van der Waals surface area contributed by atoms with Gasteiger partial charge in [-0.05, 0) is 0 Å². The number of aliphatic carboxylic acids is 1. The first-order valence-corrected chi connectivity index (χ1v) is 9.46. The number of carboxylic acids is 1. The molecule has 0 spiro atoms. The Bertz CT molecular complexity index is 459. The van der Waals surface area contributed by atoms with Crippen LogP contribution < -0.4 is 0 Å². The average Bonchev–Trinajstić information content (AvgIpc) is 2.36. The molecule has 0 fully saturated rings. The second kappa shape index (κ2) is 11.7. The molecule has 10 nitrogen and oxygen atoms in total. The zero-order chi connectivity index (χ0) is 20.3. The van der Waals surface area contributed by atoms with Crippen LogP contribution in [0.5, 0.6) is 0 Å². The first-order chi connectivity index (χ1) is 11.3. The minimum atomic E-state index is -4.30. The summed E-state index contributed by atoms with van der Waals surface area (Å²) in [5.41, 5.74) is 0. The predicted molar refractivity (Wildman–Crippen MR) is 92.3 cm³/mol. The molecular formula is C14H34N2O8S+2. The monoisotopic (exact) mass is 390 g/mol. The van der Waals surface area contributed by atoms with Crippen molar-refractivity contribution in [3.63, 3.8) is 0 Å². The summed E-state index contributed by atoms with van der Waals surface area (Å²) in [5, 5.41) is 34.1. The molecule has 0 aliphatic carbocycles. The Balaban J connectivity index is 0. The molecule has 0 saturated carbocycles. The highest BCUT2D eigenvalue weighted by Crippen LogP contribution is 2.20. The number of hydrogen-bond acceptors (Lipinski definition) is 6. The fraction of sp³-hybridized carbons (Fsp3) is 0.929. The molecule has 0 saturated heterocycles. The van der Waals surface area contributed by atoms with E-state index in [2.05, 4.69) is 0 Å². The largest absolute Gasteiger partial charge is 0.477 e. The molecule has 0 aliphatic rings. The summed E-state index contributed by atoms with van der Waals surface area (Å²) in [5.74, 6) is -0.752. The lowest BCUT2D eigenvalue weighted by atomic mass is 10.2. The lowest BCUT2D eigenvalue weighted by Crippen LogP contribution is -2.61. The third-order valence-electron chi connectivity index (χ3n) is 3.55. The maximum atomic E-state index is 11.3. The molecule has 0 bridgehead atoms. The van der Waals surface area contributed by atoms with Gasteiger partial charge in [-0.2, -0.15) is 8.42 Å². The molecule has 5 N–H and O–H groups in total. The van der Waals surface area contributed by atoms with Gasteiger partial charge in [0, 0.05) is 6.42 Å². The molecule has 0 radical (unpaired) electrons. The maximum absolute atomic E-state index is 11.3. The van der Waals surface area contributed by atoms with Gasteiger partial charge in [-0.3, -0.25) is 4.55 Å². The zero-order valence-corrected chi connectivity index (χ0v) is 16.3. The fourth-order valence-corrected chi connectivity index (χ4v) is 3.95. The molecular weight excluding hydrogens is 356 g/mol. The predicted octanol–water partition coefficient (Wildman–Crippen LogP) is -1.82. The third-order valence-corrected chi connectivity index (χ3v) is 5.02. The van der Waals surface area contributed by atoms with Gasteiger partial charge in [0.25, 0.3) is 0 Å². The highest BCUT2D eigenvalue weighted by molar-refractivity contribution is 7.86. The summed E-state index contributed by atoms with van der Waals surface area (Å²) >= 11 is 0. The van der Waals surface area contributed by atoms with Gasteiger partial charge in [-0.1, -0.05) is 6.92 Å². The van der Waals surface area contributed by atoms with Crippen LogP contribution in [0.3, 0.4) is 0 Å². The van der Waals surface area contributed by atoms with Crippen LogP contribution in [0.15, 0.2) is 0 Å². The number of rotatable bonds is 11. The van der Waals surface area contributed by atoms with E-state index in [-0.39, 0.29) is 56.9 Å². The van der Waals surface area contributed by atoms with E-state index in [0.29, 0.717) is 4.48 Å². The Hall–Kier alpha value is -0.820. The Labute approximate surface area is 149 Å². The summed E-state index contributed by atoms with van der Waals surface area (Å²) in [6, 6.07) is 0. The van der Waals surface area contributed by atoms with E-state index in [1.54, 1.807) is 6.92 Å². The highest BCUT2D eigenvalue weighted by atomic mass is 32.2. The number of quaternary nitrogens is 2. The Kier molecular flexibility index (Phi) is 12.4. The highest BCUT2D eigenvalue weighted by Gasteiger charge is 2.42. The van der Waals surface area contributed by atoms with E-state index in [1.807, 2.05) is 21.1 Å². The van der Waals surface area contributed by atoms with Crippen LogP contribution in [0.2, 0.25) is 0 Å². The SMILES string of the molecule is CCC([N+](CCO)(CCO)CCO)S(=O)(=O)O.C[N+](C)(C)CC(=O)O. The normalized spacial score (nSPS) is 13.8. The van der Waals surface area contributed by atoms with Crippen molar-refractivity contribution in [1.29, 1.82) is 0 Å². The smallest absolute Gasteiger partial charge is 0.359 e. The van der Waals surface area contributed by atoms with Crippen LogP contribution in [0.4, 0.5) is 0 Å². The minimum absolute atomic E-state index is 0.0550. The van der Waals surface area contributed by atoms with E-state index in [0.717, 1.165) is 0 Å². The van der Waals surface area contributed by atoms with Crippen molar-refractivity contribution in [2.45, 2.75) is 18.7 Å². The van der Waals surface area contributed by atoms with Crippen LogP contribution in [-0.4, -0.2) is 121 Å². The molecule has 0 aliphatic heterocycles. The number of likely N-dealkylation sites (N-methyl/N-ethyl adjacent to an activating group) is 1. The van der Waals surface area contributed by atoms with Crippen LogP contribution in [-0.2, 0) is 14.9 Å². The average molecular weight is 390 g/mol. The number of carboxylic acid groups (broad SMARTS) is 1. The maximum Gasteiger partial charge on any atom is 0.359 e. The molecule has 0 rings (SSSR count). The number of aliphatic hydroxyl groups is 3. The Morgan fingerprint density at radius 1 is 0.960 bits per heavy atom. The molecule has 1 atom stereocenters. The van der Waals surface area contributed by atoms with Crippen molar-refractivity contribution >= 4 is 16.1 Å². The molecule has 152 valence electrons. The number of hydrogen-bond donors (Lipinski definition) is 5. The van der Waals surface area contributed by atoms with E-state index >= 15 is 0 Å². The van der Waals surface area contributed by atoms with Crippen molar-refractivity contribution in [2.24, 2.45) is 0 Å². The van der Waals surface area contributed by atoms with Crippen molar-refractivity contribution in [2.75, 3.05) is 67.1 Å². The first kappa shape index (κ1) is 26.4. The summed E-state index contributed by atoms with van der Waals surface area (Å²) in [4.78, 5) is 10.00. The van der Waals surface area contributed by atoms with Gasteiger partial charge >= 0.3 is 16.1 Å². The molecule has 25 heavy (non-hydrogen) atoms. The topological polar surface area (TPSA) is 152 Å². The van der Waals surface area contributed by atoms with Gasteiger partial charge in [0.2, 0.25) is 5.37 Å². The standard InChI is InChI=1S/C9H21NO6S.C5H11NO2/c1-2-9(17(14,15)16)10(3-6-11,4-7-12)5-8-13;1-6(2,3)4-5(7)8/h9,11-13H,2-8H2,1H3;4H2,1-3H3/p+2. The first-order valence-electron chi connectivity index (χ1n) is 7.96. The van der Waals surface area contributed by atoms with Gasteiger partial charge in [-0.25, -0.2) is 4.79 Å². The van der Waals surface area contributed by atoms with Gasteiger partial charge in [0.1, 0.15) is 19.6 Å². The van der Waals surface area contributed by atoms with Gasteiger partial charge in [-0.15, -0.1) is 0 Å².